The van der Waals surface area contributed by atoms with Gasteiger partial charge in [0.2, 0.25) is 0 Å². The lowest BCUT2D eigenvalue weighted by Crippen LogP contribution is -2.40. The second kappa shape index (κ2) is 3.39. The summed E-state index contributed by atoms with van der Waals surface area (Å²) in [5.41, 5.74) is 2.73. The molecule has 1 aromatic rings. The molecular formula is C11H19N3. The van der Waals surface area contributed by atoms with E-state index in [0.29, 0.717) is 0 Å². The van der Waals surface area contributed by atoms with E-state index in [4.69, 9.17) is 0 Å². The van der Waals surface area contributed by atoms with Crippen LogP contribution in [0.1, 0.15) is 37.9 Å². The van der Waals surface area contributed by atoms with Gasteiger partial charge in [-0.25, -0.2) is 0 Å². The normalized spacial score (nSPS) is 17.4. The molecule has 14 heavy (non-hydrogen) atoms. The average Bonchev–Trinajstić information content (AvgIpc) is 2.89. The predicted octanol–water partition coefficient (Wildman–Crippen LogP) is 2.00. The average molecular weight is 193 g/mol. The van der Waals surface area contributed by atoms with E-state index < -0.39 is 0 Å². The zero-order valence-corrected chi connectivity index (χ0v) is 9.22. The molecule has 78 valence electrons. The third-order valence-corrected chi connectivity index (χ3v) is 3.27. The van der Waals surface area contributed by atoms with E-state index in [2.05, 4.69) is 36.3 Å². The Bertz CT molecular complexity index is 310. The standard InChI is InChI=1S/C11H19N3/c1-8-9(7-13-14-8)6-12-11(2,3)10-4-5-10/h7,10,12H,4-6H2,1-3H3,(H,13,14). The molecule has 1 fully saturated rings. The topological polar surface area (TPSA) is 40.7 Å². The highest BCUT2D eigenvalue weighted by Gasteiger charge is 2.37. The van der Waals surface area contributed by atoms with Crippen LogP contribution in [0.15, 0.2) is 6.20 Å². The first kappa shape index (κ1) is 9.71. The van der Waals surface area contributed by atoms with Crippen molar-refractivity contribution in [2.24, 2.45) is 5.92 Å². The van der Waals surface area contributed by atoms with Gasteiger partial charge in [-0.3, -0.25) is 5.10 Å². The summed E-state index contributed by atoms with van der Waals surface area (Å²) in [4.78, 5) is 0. The van der Waals surface area contributed by atoms with E-state index in [1.165, 1.54) is 24.1 Å². The predicted molar refractivity (Wildman–Crippen MR) is 57.0 cm³/mol. The van der Waals surface area contributed by atoms with Crippen LogP contribution in [0.25, 0.3) is 0 Å². The van der Waals surface area contributed by atoms with Gasteiger partial charge in [0, 0.05) is 23.3 Å². The molecule has 0 saturated heterocycles. The number of nitrogens with zero attached hydrogens (tertiary/aromatic N) is 1. The third-order valence-electron chi connectivity index (χ3n) is 3.27. The molecule has 0 spiro atoms. The van der Waals surface area contributed by atoms with Crippen molar-refractivity contribution < 1.29 is 0 Å². The lowest BCUT2D eigenvalue weighted by Gasteiger charge is -2.26. The van der Waals surface area contributed by atoms with Crippen molar-refractivity contribution in [3.63, 3.8) is 0 Å². The lowest BCUT2D eigenvalue weighted by atomic mass is 9.98. The Labute approximate surface area is 85.3 Å². The van der Waals surface area contributed by atoms with Gasteiger partial charge in [-0.2, -0.15) is 5.10 Å². The van der Waals surface area contributed by atoms with E-state index in [1.54, 1.807) is 0 Å². The molecular weight excluding hydrogens is 174 g/mol. The number of aromatic nitrogens is 2. The Balaban J connectivity index is 1.90. The van der Waals surface area contributed by atoms with E-state index in [-0.39, 0.29) is 5.54 Å². The molecule has 0 atom stereocenters. The summed E-state index contributed by atoms with van der Waals surface area (Å²) in [5, 5.41) is 10.6. The first-order valence-electron chi connectivity index (χ1n) is 5.33. The summed E-state index contributed by atoms with van der Waals surface area (Å²) in [6.45, 7) is 7.57. The number of hydrogen-bond donors (Lipinski definition) is 2. The number of aryl methyl sites for hydroxylation is 1. The van der Waals surface area contributed by atoms with Crippen LogP contribution < -0.4 is 5.32 Å². The van der Waals surface area contributed by atoms with Crippen LogP contribution in [0.3, 0.4) is 0 Å². The second-order valence-corrected chi connectivity index (χ2v) is 4.87. The number of rotatable bonds is 4. The van der Waals surface area contributed by atoms with Gasteiger partial charge in [-0.15, -0.1) is 0 Å². The van der Waals surface area contributed by atoms with Gasteiger partial charge in [0.05, 0.1) is 6.20 Å². The third kappa shape index (κ3) is 1.98. The monoisotopic (exact) mass is 193 g/mol. The van der Waals surface area contributed by atoms with E-state index in [9.17, 15) is 0 Å². The minimum absolute atomic E-state index is 0.281. The number of hydrogen-bond acceptors (Lipinski definition) is 2. The Kier molecular flexibility index (Phi) is 2.35. The smallest absolute Gasteiger partial charge is 0.0535 e. The SMILES string of the molecule is Cc1[nH]ncc1CNC(C)(C)C1CC1. The van der Waals surface area contributed by atoms with Gasteiger partial charge in [0.1, 0.15) is 0 Å². The summed E-state index contributed by atoms with van der Waals surface area (Å²) in [6, 6.07) is 0. The summed E-state index contributed by atoms with van der Waals surface area (Å²) in [5.74, 6) is 0.870. The first-order chi connectivity index (χ1) is 6.59. The van der Waals surface area contributed by atoms with Crippen LogP contribution in [0.4, 0.5) is 0 Å². The molecule has 2 rings (SSSR count). The molecule has 2 N–H and O–H groups in total. The molecule has 0 aromatic carbocycles. The maximum absolute atomic E-state index is 4.02. The van der Waals surface area contributed by atoms with Gasteiger partial charge < -0.3 is 5.32 Å². The Morgan fingerprint density at radius 1 is 1.57 bits per heavy atom. The van der Waals surface area contributed by atoms with Crippen LogP contribution in [0.2, 0.25) is 0 Å². The fourth-order valence-corrected chi connectivity index (χ4v) is 1.83. The molecule has 1 aromatic heterocycles. The fourth-order valence-electron chi connectivity index (χ4n) is 1.83. The molecule has 1 aliphatic carbocycles. The molecule has 0 radical (unpaired) electrons. The van der Waals surface area contributed by atoms with E-state index in [1.807, 2.05) is 6.20 Å². The molecule has 0 aliphatic heterocycles. The number of H-pyrrole nitrogens is 1. The van der Waals surface area contributed by atoms with Crippen molar-refractivity contribution in [1.29, 1.82) is 0 Å². The summed E-state index contributed by atoms with van der Waals surface area (Å²) in [6.07, 6.45) is 4.67. The molecule has 3 heteroatoms. The van der Waals surface area contributed by atoms with Crippen LogP contribution in [-0.2, 0) is 6.54 Å². The number of nitrogens with one attached hydrogen (secondary N) is 2. The van der Waals surface area contributed by atoms with Crippen LogP contribution >= 0.6 is 0 Å². The lowest BCUT2D eigenvalue weighted by molar-refractivity contribution is 0.339. The van der Waals surface area contributed by atoms with Crippen LogP contribution in [0, 0.1) is 12.8 Å². The fraction of sp³-hybridized carbons (Fsp3) is 0.727. The molecule has 1 aliphatic rings. The number of aromatic amines is 1. The zero-order valence-electron chi connectivity index (χ0n) is 9.22. The molecule has 0 bridgehead atoms. The Morgan fingerprint density at radius 2 is 2.29 bits per heavy atom. The first-order valence-corrected chi connectivity index (χ1v) is 5.33. The highest BCUT2D eigenvalue weighted by molar-refractivity contribution is 5.14. The molecule has 1 saturated carbocycles. The highest BCUT2D eigenvalue weighted by atomic mass is 15.1. The summed E-state index contributed by atoms with van der Waals surface area (Å²) >= 11 is 0. The van der Waals surface area contributed by atoms with Gasteiger partial charge in [-0.05, 0) is 39.5 Å². The van der Waals surface area contributed by atoms with Crippen molar-refractivity contribution in [3.05, 3.63) is 17.5 Å². The maximum atomic E-state index is 4.02. The minimum atomic E-state index is 0.281. The van der Waals surface area contributed by atoms with Crippen molar-refractivity contribution >= 4 is 0 Å². The van der Waals surface area contributed by atoms with Gasteiger partial charge in [0.25, 0.3) is 0 Å². The van der Waals surface area contributed by atoms with Crippen molar-refractivity contribution in [1.82, 2.24) is 15.5 Å². The van der Waals surface area contributed by atoms with Crippen molar-refractivity contribution in [2.75, 3.05) is 0 Å². The van der Waals surface area contributed by atoms with E-state index >= 15 is 0 Å². The molecule has 3 nitrogen and oxygen atoms in total. The second-order valence-electron chi connectivity index (χ2n) is 4.87. The van der Waals surface area contributed by atoms with Gasteiger partial charge in [0.15, 0.2) is 0 Å². The van der Waals surface area contributed by atoms with Crippen molar-refractivity contribution in [2.45, 2.75) is 45.7 Å². The van der Waals surface area contributed by atoms with E-state index in [0.717, 1.165) is 12.5 Å². The summed E-state index contributed by atoms with van der Waals surface area (Å²) in [7, 11) is 0. The zero-order chi connectivity index (χ0) is 10.2. The minimum Gasteiger partial charge on any atom is -0.307 e. The Morgan fingerprint density at radius 3 is 2.79 bits per heavy atom. The van der Waals surface area contributed by atoms with Crippen LogP contribution in [0.5, 0.6) is 0 Å². The Hall–Kier alpha value is -0.830. The van der Waals surface area contributed by atoms with Crippen molar-refractivity contribution in [3.8, 4) is 0 Å². The highest BCUT2D eigenvalue weighted by Crippen LogP contribution is 2.39. The van der Waals surface area contributed by atoms with Gasteiger partial charge >= 0.3 is 0 Å². The summed E-state index contributed by atoms with van der Waals surface area (Å²) < 4.78 is 0. The largest absolute Gasteiger partial charge is 0.307 e. The maximum Gasteiger partial charge on any atom is 0.0535 e. The molecule has 0 amide bonds. The van der Waals surface area contributed by atoms with Crippen LogP contribution in [-0.4, -0.2) is 15.7 Å². The molecule has 1 heterocycles. The molecule has 0 unspecified atom stereocenters. The quantitative estimate of drug-likeness (QED) is 0.768. The van der Waals surface area contributed by atoms with Gasteiger partial charge in [-0.1, -0.05) is 0 Å².